The van der Waals surface area contributed by atoms with Gasteiger partial charge in [-0.05, 0) is 19.1 Å². The van der Waals surface area contributed by atoms with Crippen LogP contribution in [0, 0.1) is 0 Å². The van der Waals surface area contributed by atoms with Crippen LogP contribution in [0.25, 0.3) is 0 Å². The summed E-state index contributed by atoms with van der Waals surface area (Å²) in [5.41, 5.74) is 0.0447. The van der Waals surface area contributed by atoms with E-state index >= 15 is 0 Å². The molecule has 1 aromatic carbocycles. The van der Waals surface area contributed by atoms with Gasteiger partial charge in [0, 0.05) is 11.3 Å². The summed E-state index contributed by atoms with van der Waals surface area (Å²) < 4.78 is 11.9. The molecule has 0 aliphatic carbocycles. The van der Waals surface area contributed by atoms with E-state index in [1.165, 1.54) is 4.90 Å². The zero-order chi connectivity index (χ0) is 10.8. The van der Waals surface area contributed by atoms with Crippen LogP contribution < -0.4 is 0 Å². The van der Waals surface area contributed by atoms with E-state index in [1.807, 2.05) is 11.8 Å². The average Bonchev–Trinajstić information content (AvgIpc) is 2.69. The van der Waals surface area contributed by atoms with Crippen molar-refractivity contribution in [3.8, 4) is 0 Å². The minimum Gasteiger partial charge on any atom is -0.368 e. The molecule has 3 heteroatoms. The molecule has 5 atom stereocenters. The van der Waals surface area contributed by atoms with Gasteiger partial charge in [-0.3, -0.25) is 0 Å². The lowest BCUT2D eigenvalue weighted by Crippen LogP contribution is -2.65. The van der Waals surface area contributed by atoms with E-state index in [1.54, 1.807) is 0 Å². The molecule has 0 unspecified atom stereocenters. The Morgan fingerprint density at radius 2 is 2.12 bits per heavy atom. The highest BCUT2D eigenvalue weighted by atomic mass is 32.2. The first kappa shape index (κ1) is 9.51. The number of hydrogen-bond acceptors (Lipinski definition) is 3. The number of benzene rings is 1. The molecule has 2 bridgehead atoms. The lowest BCUT2D eigenvalue weighted by molar-refractivity contribution is -0.238. The van der Waals surface area contributed by atoms with E-state index in [-0.39, 0.29) is 5.60 Å². The van der Waals surface area contributed by atoms with Gasteiger partial charge in [-0.1, -0.05) is 18.2 Å². The van der Waals surface area contributed by atoms with Gasteiger partial charge in [-0.2, -0.15) is 0 Å². The summed E-state index contributed by atoms with van der Waals surface area (Å²) >= 11 is 1.91. The predicted molar refractivity (Wildman–Crippen MR) is 62.6 cm³/mol. The molecule has 3 saturated heterocycles. The first-order valence-corrected chi connectivity index (χ1v) is 6.69. The van der Waals surface area contributed by atoms with Crippen LogP contribution in [0.15, 0.2) is 35.2 Å². The smallest absolute Gasteiger partial charge is 0.114 e. The molecule has 2 nitrogen and oxygen atoms in total. The first-order valence-electron chi connectivity index (χ1n) is 5.81. The second kappa shape index (κ2) is 3.03. The molecule has 1 aromatic rings. The normalized spacial score (nSPS) is 48.1. The zero-order valence-electron chi connectivity index (χ0n) is 9.13. The van der Waals surface area contributed by atoms with Crippen LogP contribution in [-0.2, 0) is 9.47 Å². The van der Waals surface area contributed by atoms with Gasteiger partial charge in [0.1, 0.15) is 12.2 Å². The largest absolute Gasteiger partial charge is 0.368 e. The number of ether oxygens (including phenoxy) is 2. The van der Waals surface area contributed by atoms with Crippen LogP contribution >= 0.6 is 11.8 Å². The lowest BCUT2D eigenvalue weighted by Gasteiger charge is -2.51. The molecule has 3 heterocycles. The van der Waals surface area contributed by atoms with Gasteiger partial charge in [-0.15, -0.1) is 11.8 Å². The summed E-state index contributed by atoms with van der Waals surface area (Å²) in [6.07, 6.45) is 2.16. The van der Waals surface area contributed by atoms with E-state index in [0.29, 0.717) is 23.6 Å². The molecule has 0 amide bonds. The Labute approximate surface area is 99.3 Å². The SMILES string of the molecule is C[C@]12C[C@@H]3O[C@H]1[C@H](O2)[C@H]3Sc1ccccc1. The van der Waals surface area contributed by atoms with Crippen LogP contribution in [0.3, 0.4) is 0 Å². The molecule has 84 valence electrons. The van der Waals surface area contributed by atoms with Gasteiger partial charge in [0.05, 0.1) is 17.0 Å². The molecule has 3 aliphatic heterocycles. The Morgan fingerprint density at radius 1 is 1.31 bits per heavy atom. The Balaban J connectivity index is 1.55. The molecule has 16 heavy (non-hydrogen) atoms. The fourth-order valence-electron chi connectivity index (χ4n) is 3.18. The Hall–Kier alpha value is -0.510. The fourth-order valence-corrected chi connectivity index (χ4v) is 4.45. The second-order valence-corrected chi connectivity index (χ2v) is 6.34. The Morgan fingerprint density at radius 3 is 2.75 bits per heavy atom. The highest BCUT2D eigenvalue weighted by Crippen LogP contribution is 2.58. The van der Waals surface area contributed by atoms with Crippen LogP contribution in [0.2, 0.25) is 0 Å². The van der Waals surface area contributed by atoms with Crippen molar-refractivity contribution in [1.82, 2.24) is 0 Å². The van der Waals surface area contributed by atoms with Gasteiger partial charge in [0.15, 0.2) is 0 Å². The summed E-state index contributed by atoms with van der Waals surface area (Å²) in [6, 6.07) is 10.5. The highest BCUT2D eigenvalue weighted by molar-refractivity contribution is 8.00. The fraction of sp³-hybridized carbons (Fsp3) is 0.538. The molecule has 0 N–H and O–H groups in total. The monoisotopic (exact) mass is 234 g/mol. The maximum absolute atomic E-state index is 5.98. The summed E-state index contributed by atoms with van der Waals surface area (Å²) in [7, 11) is 0. The van der Waals surface area contributed by atoms with Gasteiger partial charge < -0.3 is 9.47 Å². The number of rotatable bonds is 2. The van der Waals surface area contributed by atoms with Crippen molar-refractivity contribution in [3.63, 3.8) is 0 Å². The molecule has 0 spiro atoms. The molecule has 3 fully saturated rings. The quantitative estimate of drug-likeness (QED) is 0.783. The summed E-state index contributed by atoms with van der Waals surface area (Å²) in [5, 5.41) is 0.495. The maximum Gasteiger partial charge on any atom is 0.114 e. The standard InChI is InChI=1S/C13H14O2S/c1-13-7-9-11(10(15-13)12(13)14-9)16-8-5-3-2-4-6-8/h2-6,9-12H,7H2,1H3/t9-,10+,11-,12-,13-/m0/s1. The van der Waals surface area contributed by atoms with Crippen molar-refractivity contribution in [2.45, 2.75) is 47.4 Å². The molecular formula is C13H14O2S. The van der Waals surface area contributed by atoms with Gasteiger partial charge >= 0.3 is 0 Å². The molecule has 4 rings (SSSR count). The average molecular weight is 234 g/mol. The molecular weight excluding hydrogens is 220 g/mol. The Kier molecular flexibility index (Phi) is 1.80. The topological polar surface area (TPSA) is 18.5 Å². The molecule has 0 aromatic heterocycles. The predicted octanol–water partition coefficient (Wildman–Crippen LogP) is 2.48. The van der Waals surface area contributed by atoms with E-state index in [4.69, 9.17) is 9.47 Å². The Bertz CT molecular complexity index is 417. The summed E-state index contributed by atoms with van der Waals surface area (Å²) in [6.45, 7) is 2.18. The minimum atomic E-state index is 0.0447. The summed E-state index contributed by atoms with van der Waals surface area (Å²) in [4.78, 5) is 1.32. The van der Waals surface area contributed by atoms with E-state index in [9.17, 15) is 0 Å². The summed E-state index contributed by atoms with van der Waals surface area (Å²) in [5.74, 6) is 0. The lowest BCUT2D eigenvalue weighted by atomic mass is 9.78. The maximum atomic E-state index is 5.98. The van der Waals surface area contributed by atoms with Gasteiger partial charge in [0.25, 0.3) is 0 Å². The van der Waals surface area contributed by atoms with Gasteiger partial charge in [-0.25, -0.2) is 0 Å². The number of thioether (sulfide) groups is 1. The van der Waals surface area contributed by atoms with Crippen LogP contribution in [-0.4, -0.2) is 29.2 Å². The van der Waals surface area contributed by atoms with Crippen molar-refractivity contribution >= 4 is 11.8 Å². The third kappa shape index (κ3) is 1.11. The van der Waals surface area contributed by atoms with Crippen LogP contribution in [0.5, 0.6) is 0 Å². The molecule has 0 saturated carbocycles. The van der Waals surface area contributed by atoms with Crippen LogP contribution in [0.4, 0.5) is 0 Å². The third-order valence-electron chi connectivity index (χ3n) is 3.94. The zero-order valence-corrected chi connectivity index (χ0v) is 9.94. The number of fused-ring (bicyclic) bond motifs is 1. The van der Waals surface area contributed by atoms with Gasteiger partial charge in [0.2, 0.25) is 0 Å². The highest BCUT2D eigenvalue weighted by Gasteiger charge is 2.70. The van der Waals surface area contributed by atoms with Crippen LogP contribution in [0.1, 0.15) is 13.3 Å². The minimum absolute atomic E-state index is 0.0447. The van der Waals surface area contributed by atoms with Crippen molar-refractivity contribution in [2.75, 3.05) is 0 Å². The van der Waals surface area contributed by atoms with Crippen molar-refractivity contribution in [1.29, 1.82) is 0 Å². The molecule has 3 aliphatic rings. The second-order valence-electron chi connectivity index (χ2n) is 5.09. The van der Waals surface area contributed by atoms with E-state index < -0.39 is 0 Å². The van der Waals surface area contributed by atoms with Crippen molar-refractivity contribution in [3.05, 3.63) is 30.3 Å². The molecule has 0 radical (unpaired) electrons. The third-order valence-corrected chi connectivity index (χ3v) is 5.33. The van der Waals surface area contributed by atoms with Crippen molar-refractivity contribution in [2.24, 2.45) is 0 Å². The van der Waals surface area contributed by atoms with Crippen molar-refractivity contribution < 1.29 is 9.47 Å². The number of hydrogen-bond donors (Lipinski definition) is 0. The first-order chi connectivity index (χ1) is 7.76. The van der Waals surface area contributed by atoms with E-state index in [0.717, 1.165) is 6.42 Å². The van der Waals surface area contributed by atoms with E-state index in [2.05, 4.69) is 37.3 Å².